The number of carbonyl (C=O) groups is 3. The van der Waals surface area contributed by atoms with E-state index in [9.17, 15) is 22.8 Å². The standard InChI is InChI=1S/C12H14N4O5S/c1-7(17)14-8-3-2-4-9(5-8)16-22(20,21)10-6-13-12(19)15-11(10)18/h2-5,10,16H,6H2,1H3,(H,14,17)(H2,13,15,18,19). The van der Waals surface area contributed by atoms with Crippen LogP contribution >= 0.6 is 0 Å². The highest BCUT2D eigenvalue weighted by Crippen LogP contribution is 2.18. The summed E-state index contributed by atoms with van der Waals surface area (Å²) in [5.74, 6) is -1.19. The Morgan fingerprint density at radius 2 is 1.95 bits per heavy atom. The van der Waals surface area contributed by atoms with E-state index < -0.39 is 27.2 Å². The van der Waals surface area contributed by atoms with Gasteiger partial charge in [-0.15, -0.1) is 0 Å². The first-order valence-electron chi connectivity index (χ1n) is 6.26. The van der Waals surface area contributed by atoms with Gasteiger partial charge in [0.1, 0.15) is 0 Å². The predicted octanol–water partition coefficient (Wildman–Crippen LogP) is -0.405. The van der Waals surface area contributed by atoms with E-state index >= 15 is 0 Å². The lowest BCUT2D eigenvalue weighted by molar-refractivity contribution is -0.120. The van der Waals surface area contributed by atoms with Crippen molar-refractivity contribution in [3.05, 3.63) is 24.3 Å². The molecule has 0 radical (unpaired) electrons. The number of sulfonamides is 1. The summed E-state index contributed by atoms with van der Waals surface area (Å²) < 4.78 is 26.6. The van der Waals surface area contributed by atoms with Crippen LogP contribution < -0.4 is 20.7 Å². The molecule has 1 aromatic carbocycles. The molecule has 1 aliphatic rings. The zero-order valence-electron chi connectivity index (χ0n) is 11.5. The van der Waals surface area contributed by atoms with Crippen LogP contribution in [0, 0.1) is 0 Å². The van der Waals surface area contributed by atoms with Gasteiger partial charge in [-0.1, -0.05) is 6.07 Å². The lowest BCUT2D eigenvalue weighted by Crippen LogP contribution is -2.58. The molecule has 0 bridgehead atoms. The lowest BCUT2D eigenvalue weighted by Gasteiger charge is -2.22. The minimum Gasteiger partial charge on any atom is -0.336 e. The van der Waals surface area contributed by atoms with Crippen molar-refractivity contribution in [2.24, 2.45) is 0 Å². The first-order chi connectivity index (χ1) is 10.3. The summed E-state index contributed by atoms with van der Waals surface area (Å²) in [5.41, 5.74) is 0.602. The Bertz CT molecular complexity index is 731. The van der Waals surface area contributed by atoms with Gasteiger partial charge in [0.15, 0.2) is 5.25 Å². The maximum atomic E-state index is 12.2. The van der Waals surface area contributed by atoms with Gasteiger partial charge >= 0.3 is 6.03 Å². The molecule has 118 valence electrons. The van der Waals surface area contributed by atoms with Gasteiger partial charge < -0.3 is 10.6 Å². The van der Waals surface area contributed by atoms with Gasteiger partial charge in [0, 0.05) is 19.2 Å². The van der Waals surface area contributed by atoms with Gasteiger partial charge in [0.25, 0.3) is 0 Å². The third-order valence-corrected chi connectivity index (χ3v) is 4.44. The molecule has 0 spiro atoms. The maximum Gasteiger partial charge on any atom is 0.321 e. The topological polar surface area (TPSA) is 133 Å². The quantitative estimate of drug-likeness (QED) is 0.597. The lowest BCUT2D eigenvalue weighted by atomic mass is 10.3. The third-order valence-electron chi connectivity index (χ3n) is 2.79. The molecule has 0 aliphatic carbocycles. The van der Waals surface area contributed by atoms with Crippen LogP contribution in [0.2, 0.25) is 0 Å². The molecule has 1 saturated heterocycles. The van der Waals surface area contributed by atoms with E-state index in [4.69, 9.17) is 0 Å². The summed E-state index contributed by atoms with van der Waals surface area (Å²) in [4.78, 5) is 33.5. The summed E-state index contributed by atoms with van der Waals surface area (Å²) in [5, 5.41) is 5.22. The fraction of sp³-hybridized carbons (Fsp3) is 0.250. The van der Waals surface area contributed by atoms with Crippen LogP contribution in [0.5, 0.6) is 0 Å². The first kappa shape index (κ1) is 15.8. The van der Waals surface area contributed by atoms with E-state index in [0.717, 1.165) is 0 Å². The third kappa shape index (κ3) is 3.73. The zero-order chi connectivity index (χ0) is 16.3. The zero-order valence-corrected chi connectivity index (χ0v) is 12.4. The number of nitrogens with one attached hydrogen (secondary N) is 4. The molecule has 9 nitrogen and oxygen atoms in total. The monoisotopic (exact) mass is 326 g/mol. The Morgan fingerprint density at radius 3 is 2.59 bits per heavy atom. The van der Waals surface area contributed by atoms with Gasteiger partial charge in [-0.2, -0.15) is 0 Å². The number of imide groups is 1. The molecule has 0 saturated carbocycles. The van der Waals surface area contributed by atoms with Crippen molar-refractivity contribution in [1.82, 2.24) is 10.6 Å². The van der Waals surface area contributed by atoms with Crippen molar-refractivity contribution < 1.29 is 22.8 Å². The molecule has 1 aromatic rings. The molecule has 10 heteroatoms. The Hall–Kier alpha value is -2.62. The van der Waals surface area contributed by atoms with Crippen molar-refractivity contribution in [3.8, 4) is 0 Å². The van der Waals surface area contributed by atoms with Crippen LogP contribution in [0.25, 0.3) is 0 Å². The van der Waals surface area contributed by atoms with Crippen molar-refractivity contribution >= 4 is 39.2 Å². The van der Waals surface area contributed by atoms with Gasteiger partial charge in [-0.3, -0.25) is 19.6 Å². The van der Waals surface area contributed by atoms with Crippen LogP contribution in [-0.4, -0.2) is 38.1 Å². The Balaban J connectivity index is 2.16. The van der Waals surface area contributed by atoms with Crippen LogP contribution in [0.3, 0.4) is 0 Å². The minimum atomic E-state index is -4.04. The highest BCUT2D eigenvalue weighted by atomic mass is 32.2. The molecular weight excluding hydrogens is 312 g/mol. The number of amides is 4. The highest BCUT2D eigenvalue weighted by Gasteiger charge is 2.37. The molecule has 1 atom stereocenters. The van der Waals surface area contributed by atoms with Crippen molar-refractivity contribution in [1.29, 1.82) is 0 Å². The van der Waals surface area contributed by atoms with E-state index in [-0.39, 0.29) is 18.1 Å². The fourth-order valence-electron chi connectivity index (χ4n) is 1.86. The molecule has 22 heavy (non-hydrogen) atoms. The largest absolute Gasteiger partial charge is 0.336 e. The second kappa shape index (κ2) is 6.02. The second-order valence-corrected chi connectivity index (χ2v) is 6.46. The van der Waals surface area contributed by atoms with E-state index in [2.05, 4.69) is 15.4 Å². The molecule has 1 heterocycles. The molecular formula is C12H14N4O5S. The maximum absolute atomic E-state index is 12.2. The van der Waals surface area contributed by atoms with E-state index in [1.165, 1.54) is 19.1 Å². The number of benzene rings is 1. The number of carbonyl (C=O) groups excluding carboxylic acids is 3. The molecule has 1 unspecified atom stereocenters. The number of hydrogen-bond donors (Lipinski definition) is 4. The molecule has 1 aliphatic heterocycles. The molecule has 4 N–H and O–H groups in total. The molecule has 1 fully saturated rings. The molecule has 0 aromatic heterocycles. The van der Waals surface area contributed by atoms with Crippen LogP contribution in [0.15, 0.2) is 24.3 Å². The van der Waals surface area contributed by atoms with Crippen molar-refractivity contribution in [2.75, 3.05) is 16.6 Å². The van der Waals surface area contributed by atoms with Gasteiger partial charge in [0.2, 0.25) is 21.8 Å². The number of hydrogen-bond acceptors (Lipinski definition) is 5. The summed E-state index contributed by atoms with van der Waals surface area (Å²) in [6, 6.07) is 5.29. The summed E-state index contributed by atoms with van der Waals surface area (Å²) in [6.45, 7) is 1.01. The molecule has 2 rings (SSSR count). The Kier molecular flexibility index (Phi) is 4.31. The summed E-state index contributed by atoms with van der Waals surface area (Å²) in [7, 11) is -4.04. The Labute approximate surface area is 126 Å². The number of anilines is 2. The fourth-order valence-corrected chi connectivity index (χ4v) is 3.11. The smallest absolute Gasteiger partial charge is 0.321 e. The van der Waals surface area contributed by atoms with Gasteiger partial charge in [-0.25, -0.2) is 13.2 Å². The summed E-state index contributed by atoms with van der Waals surface area (Å²) in [6.07, 6.45) is 0. The van der Waals surface area contributed by atoms with Crippen molar-refractivity contribution in [2.45, 2.75) is 12.2 Å². The van der Waals surface area contributed by atoms with Gasteiger partial charge in [-0.05, 0) is 18.2 Å². The molecule has 4 amide bonds. The van der Waals surface area contributed by atoms with E-state index in [1.54, 1.807) is 12.1 Å². The average molecular weight is 326 g/mol. The van der Waals surface area contributed by atoms with E-state index in [1.807, 2.05) is 5.32 Å². The van der Waals surface area contributed by atoms with Crippen LogP contribution in [0.4, 0.5) is 16.2 Å². The van der Waals surface area contributed by atoms with Crippen LogP contribution in [-0.2, 0) is 19.6 Å². The van der Waals surface area contributed by atoms with E-state index in [0.29, 0.717) is 5.69 Å². The number of urea groups is 1. The van der Waals surface area contributed by atoms with Gasteiger partial charge in [0.05, 0.1) is 5.69 Å². The highest BCUT2D eigenvalue weighted by molar-refractivity contribution is 7.94. The van der Waals surface area contributed by atoms with Crippen molar-refractivity contribution in [3.63, 3.8) is 0 Å². The number of rotatable bonds is 4. The SMILES string of the molecule is CC(=O)Nc1cccc(NS(=O)(=O)C2CNC(=O)NC2=O)c1. The Morgan fingerprint density at radius 1 is 1.27 bits per heavy atom. The first-order valence-corrected chi connectivity index (χ1v) is 7.80. The normalized spacial score (nSPS) is 18.1. The second-order valence-electron chi connectivity index (χ2n) is 4.60. The summed E-state index contributed by atoms with van der Waals surface area (Å²) >= 11 is 0. The average Bonchev–Trinajstić information content (AvgIpc) is 2.36. The predicted molar refractivity (Wildman–Crippen MR) is 78.6 cm³/mol. The minimum absolute atomic E-state index is 0.191. The van der Waals surface area contributed by atoms with Crippen LogP contribution in [0.1, 0.15) is 6.92 Å².